The molecule has 8 nitrogen and oxygen atoms in total. The van der Waals surface area contributed by atoms with Crippen LogP contribution in [0.3, 0.4) is 0 Å². The number of rotatable bonds is 2. The van der Waals surface area contributed by atoms with Crippen LogP contribution in [0.5, 0.6) is 11.5 Å². The summed E-state index contributed by atoms with van der Waals surface area (Å²) in [5.41, 5.74) is 1.37. The van der Waals surface area contributed by atoms with Crippen LogP contribution in [-0.2, 0) is 10.1 Å². The molecule has 6 N–H and O–H groups in total. The molecule has 9 heteroatoms. The van der Waals surface area contributed by atoms with Crippen LogP contribution in [-0.4, -0.2) is 29.1 Å². The second kappa shape index (κ2) is 3.96. The Kier molecular flexibility index (Phi) is 3.03. The number of amides is 1. The zero-order valence-corrected chi connectivity index (χ0v) is 8.52. The zero-order valence-electron chi connectivity index (χ0n) is 7.71. The summed E-state index contributed by atoms with van der Waals surface area (Å²) in [6.45, 7) is 0. The molecule has 0 spiro atoms. The van der Waals surface area contributed by atoms with Crippen molar-refractivity contribution in [3.8, 4) is 11.5 Å². The minimum absolute atomic E-state index is 0.328. The average Bonchev–Trinajstić information content (AvgIpc) is 2.18. The Balaban J connectivity index is 3.52. The highest BCUT2D eigenvalue weighted by Gasteiger charge is 2.21. The van der Waals surface area contributed by atoms with Crippen LogP contribution in [0.1, 0.15) is 10.4 Å². The molecule has 16 heavy (non-hydrogen) atoms. The number of hydrazine groups is 1. The molecule has 0 atom stereocenters. The van der Waals surface area contributed by atoms with Gasteiger partial charge < -0.3 is 10.2 Å². The first-order valence-electron chi connectivity index (χ1n) is 3.81. The third kappa shape index (κ3) is 2.21. The van der Waals surface area contributed by atoms with Gasteiger partial charge in [0.15, 0.2) is 11.5 Å². The summed E-state index contributed by atoms with van der Waals surface area (Å²) in [6, 6.07) is 1.47. The van der Waals surface area contributed by atoms with E-state index in [1.165, 1.54) is 0 Å². The van der Waals surface area contributed by atoms with Crippen molar-refractivity contribution in [3.05, 3.63) is 17.7 Å². The van der Waals surface area contributed by atoms with Gasteiger partial charge in [0, 0.05) is 5.56 Å². The molecule has 0 saturated heterocycles. The van der Waals surface area contributed by atoms with Crippen molar-refractivity contribution < 1.29 is 28.0 Å². The third-order valence-electron chi connectivity index (χ3n) is 1.73. The van der Waals surface area contributed by atoms with E-state index in [1.54, 1.807) is 5.43 Å². The highest BCUT2D eigenvalue weighted by molar-refractivity contribution is 7.86. The zero-order chi connectivity index (χ0) is 12.5. The molecule has 1 rings (SSSR count). The molecule has 88 valence electrons. The van der Waals surface area contributed by atoms with Crippen molar-refractivity contribution in [2.75, 3.05) is 0 Å². The number of phenolic OH excluding ortho intramolecular Hbond substituents is 2. The predicted octanol–water partition coefficient (Wildman–Crippen LogP) is -1.05. The Bertz CT molecular complexity index is 538. The first-order chi connectivity index (χ1) is 7.27. The van der Waals surface area contributed by atoms with E-state index >= 15 is 0 Å². The molecule has 1 aromatic rings. The van der Waals surface area contributed by atoms with Crippen LogP contribution in [0.25, 0.3) is 0 Å². The van der Waals surface area contributed by atoms with Crippen molar-refractivity contribution in [1.82, 2.24) is 5.43 Å². The third-order valence-corrected chi connectivity index (χ3v) is 2.59. The summed E-state index contributed by atoms with van der Waals surface area (Å²) in [7, 11) is -4.75. The van der Waals surface area contributed by atoms with Gasteiger partial charge in [-0.25, -0.2) is 5.84 Å². The SMILES string of the molecule is NNC(=O)c1cc(O)c(O)c(S(=O)(=O)O)c1. The Hall–Kier alpha value is -1.84. The van der Waals surface area contributed by atoms with E-state index in [0.29, 0.717) is 6.07 Å². The van der Waals surface area contributed by atoms with E-state index in [2.05, 4.69) is 0 Å². The highest BCUT2D eigenvalue weighted by Crippen LogP contribution is 2.33. The fourth-order valence-corrected chi connectivity index (χ4v) is 1.63. The van der Waals surface area contributed by atoms with E-state index in [1.807, 2.05) is 0 Å². The maximum atomic E-state index is 11.1. The summed E-state index contributed by atoms with van der Waals surface area (Å²) < 4.78 is 30.3. The van der Waals surface area contributed by atoms with Crippen molar-refractivity contribution in [2.24, 2.45) is 5.84 Å². The molecule has 0 heterocycles. The number of nitrogens with one attached hydrogen (secondary N) is 1. The van der Waals surface area contributed by atoms with Gasteiger partial charge >= 0.3 is 0 Å². The van der Waals surface area contributed by atoms with E-state index < -0.39 is 32.4 Å². The van der Waals surface area contributed by atoms with Crippen LogP contribution in [0, 0.1) is 0 Å². The smallest absolute Gasteiger partial charge is 0.298 e. The van der Waals surface area contributed by atoms with E-state index in [4.69, 9.17) is 20.6 Å². The molecule has 0 unspecified atom stereocenters. The summed E-state index contributed by atoms with van der Waals surface area (Å²) in [5, 5.41) is 18.3. The number of benzene rings is 1. The van der Waals surface area contributed by atoms with Gasteiger partial charge in [-0.3, -0.25) is 14.8 Å². The van der Waals surface area contributed by atoms with Crippen LogP contribution >= 0.6 is 0 Å². The molecule has 0 bridgehead atoms. The lowest BCUT2D eigenvalue weighted by Crippen LogP contribution is -2.30. The van der Waals surface area contributed by atoms with Gasteiger partial charge in [0.05, 0.1) is 0 Å². The lowest BCUT2D eigenvalue weighted by molar-refractivity contribution is 0.0953. The topological polar surface area (TPSA) is 150 Å². The number of hydrogen-bond acceptors (Lipinski definition) is 6. The van der Waals surface area contributed by atoms with Crippen LogP contribution in [0.2, 0.25) is 0 Å². The summed E-state index contributed by atoms with van der Waals surface area (Å²) in [5.74, 6) is 1.99. The second-order valence-corrected chi connectivity index (χ2v) is 4.18. The Morgan fingerprint density at radius 1 is 1.31 bits per heavy atom. The molecular weight excluding hydrogens is 240 g/mol. The number of hydrogen-bond donors (Lipinski definition) is 5. The number of carbonyl (C=O) groups is 1. The van der Waals surface area contributed by atoms with Gasteiger partial charge in [0.2, 0.25) is 0 Å². The van der Waals surface area contributed by atoms with Crippen molar-refractivity contribution >= 4 is 16.0 Å². The number of nitrogen functional groups attached to an aromatic ring is 1. The first-order valence-corrected chi connectivity index (χ1v) is 5.25. The minimum Gasteiger partial charge on any atom is -0.504 e. The van der Waals surface area contributed by atoms with Gasteiger partial charge in [0.1, 0.15) is 4.90 Å². The Morgan fingerprint density at radius 2 is 1.88 bits per heavy atom. The normalized spacial score (nSPS) is 11.1. The molecule has 0 radical (unpaired) electrons. The van der Waals surface area contributed by atoms with Crippen LogP contribution in [0.15, 0.2) is 17.0 Å². The van der Waals surface area contributed by atoms with Crippen molar-refractivity contribution in [1.29, 1.82) is 0 Å². The van der Waals surface area contributed by atoms with Gasteiger partial charge in [-0.2, -0.15) is 8.42 Å². The lowest BCUT2D eigenvalue weighted by Gasteiger charge is -2.06. The number of nitrogens with two attached hydrogens (primary N) is 1. The van der Waals surface area contributed by atoms with Crippen LogP contribution in [0.4, 0.5) is 0 Å². The molecule has 1 aromatic carbocycles. The van der Waals surface area contributed by atoms with Gasteiger partial charge in [-0.05, 0) is 12.1 Å². The maximum absolute atomic E-state index is 11.1. The van der Waals surface area contributed by atoms with Crippen molar-refractivity contribution in [2.45, 2.75) is 4.90 Å². The van der Waals surface area contributed by atoms with E-state index in [0.717, 1.165) is 6.07 Å². The Labute approximate surface area is 90.0 Å². The molecule has 0 aromatic heterocycles. The molecule has 1 amide bonds. The summed E-state index contributed by atoms with van der Waals surface area (Å²) in [6.07, 6.45) is 0. The Morgan fingerprint density at radius 3 is 2.31 bits per heavy atom. The predicted molar refractivity (Wildman–Crippen MR) is 51.2 cm³/mol. The number of phenols is 2. The molecule has 0 saturated carbocycles. The van der Waals surface area contributed by atoms with Crippen molar-refractivity contribution in [3.63, 3.8) is 0 Å². The van der Waals surface area contributed by atoms with Gasteiger partial charge in [0.25, 0.3) is 16.0 Å². The minimum atomic E-state index is -4.75. The average molecular weight is 248 g/mol. The standard InChI is InChI=1S/C7H8N2O6S/c8-9-7(12)3-1-4(10)6(11)5(2-3)16(13,14)15/h1-2,10-11H,8H2,(H,9,12)(H,13,14,15). The summed E-state index contributed by atoms with van der Waals surface area (Å²) in [4.78, 5) is 10.1. The molecule has 0 aliphatic carbocycles. The maximum Gasteiger partial charge on any atom is 0.298 e. The first kappa shape index (κ1) is 12.2. The second-order valence-electron chi connectivity index (χ2n) is 2.79. The summed E-state index contributed by atoms with van der Waals surface area (Å²) >= 11 is 0. The molecule has 0 fully saturated rings. The van der Waals surface area contributed by atoms with E-state index in [9.17, 15) is 13.2 Å². The number of carbonyl (C=O) groups excluding carboxylic acids is 1. The lowest BCUT2D eigenvalue weighted by atomic mass is 10.2. The quantitative estimate of drug-likeness (QED) is 0.147. The van der Waals surface area contributed by atoms with Crippen LogP contribution < -0.4 is 11.3 Å². The monoisotopic (exact) mass is 248 g/mol. The fraction of sp³-hybridized carbons (Fsp3) is 0. The van der Waals surface area contributed by atoms with Gasteiger partial charge in [-0.15, -0.1) is 0 Å². The van der Waals surface area contributed by atoms with Gasteiger partial charge in [-0.1, -0.05) is 0 Å². The highest BCUT2D eigenvalue weighted by atomic mass is 32.2. The fourth-order valence-electron chi connectivity index (χ4n) is 1.00. The molecule has 0 aliphatic rings. The molecular formula is C7H8N2O6S. The van der Waals surface area contributed by atoms with E-state index in [-0.39, 0.29) is 5.56 Å². The number of aromatic hydroxyl groups is 2. The largest absolute Gasteiger partial charge is 0.504 e. The molecule has 0 aliphatic heterocycles.